The van der Waals surface area contributed by atoms with Gasteiger partial charge in [0.2, 0.25) is 0 Å². The molecule has 6 atom stereocenters. The second kappa shape index (κ2) is 7.71. The van der Waals surface area contributed by atoms with Gasteiger partial charge in [0, 0.05) is 24.3 Å². The number of rotatable bonds is 5. The topological polar surface area (TPSA) is 24.7 Å². The number of aliphatic imine (C=N–C) groups is 2. The van der Waals surface area contributed by atoms with E-state index in [2.05, 4.69) is 40.9 Å². The van der Waals surface area contributed by atoms with Gasteiger partial charge in [-0.05, 0) is 37.0 Å². The van der Waals surface area contributed by atoms with E-state index in [9.17, 15) is 0 Å². The van der Waals surface area contributed by atoms with Gasteiger partial charge in [0.15, 0.2) is 0 Å². The molecule has 0 amide bonds. The summed E-state index contributed by atoms with van der Waals surface area (Å²) in [6, 6.07) is 0. The van der Waals surface area contributed by atoms with Crippen LogP contribution in [0.4, 0.5) is 0 Å². The van der Waals surface area contributed by atoms with Crippen LogP contribution < -0.4 is 0 Å². The smallest absolute Gasteiger partial charge is 0.0581 e. The quantitative estimate of drug-likeness (QED) is 0.421. The van der Waals surface area contributed by atoms with Gasteiger partial charge in [-0.3, -0.25) is 9.98 Å². The third kappa shape index (κ3) is 4.39. The van der Waals surface area contributed by atoms with Crippen LogP contribution >= 0.6 is 18.5 Å². The van der Waals surface area contributed by atoms with Crippen molar-refractivity contribution in [2.24, 2.45) is 21.8 Å². The van der Waals surface area contributed by atoms with E-state index in [1.165, 1.54) is 38.5 Å². The number of nitrogens with zero attached hydrogens (tertiary/aromatic N) is 2. The van der Waals surface area contributed by atoms with Crippen LogP contribution in [0, 0.1) is 11.8 Å². The first-order valence-electron chi connectivity index (χ1n) is 7.28. The van der Waals surface area contributed by atoms with E-state index in [1.54, 1.807) is 0 Å². The molecule has 0 saturated heterocycles. The van der Waals surface area contributed by atoms with E-state index in [-0.39, 0.29) is 0 Å². The molecule has 18 heavy (non-hydrogen) atoms. The highest BCUT2D eigenvalue weighted by Crippen LogP contribution is 2.30. The maximum Gasteiger partial charge on any atom is 0.0581 e. The van der Waals surface area contributed by atoms with Gasteiger partial charge in [-0.1, -0.05) is 12.8 Å². The SMILES string of the molecule is PC1CCCC1C=NCCN=CC1CCCC1P. The molecule has 2 aliphatic carbocycles. The summed E-state index contributed by atoms with van der Waals surface area (Å²) in [5.41, 5.74) is 1.52. The lowest BCUT2D eigenvalue weighted by molar-refractivity contribution is 0.747. The van der Waals surface area contributed by atoms with Crippen molar-refractivity contribution >= 4 is 30.9 Å². The average molecular weight is 284 g/mol. The van der Waals surface area contributed by atoms with E-state index in [0.717, 1.165) is 24.4 Å². The first kappa shape index (κ1) is 14.6. The van der Waals surface area contributed by atoms with E-state index >= 15 is 0 Å². The van der Waals surface area contributed by atoms with Crippen LogP contribution in [-0.2, 0) is 0 Å². The van der Waals surface area contributed by atoms with Crippen molar-refractivity contribution in [3.05, 3.63) is 0 Å². The van der Waals surface area contributed by atoms with Crippen LogP contribution in [0.1, 0.15) is 38.5 Å². The van der Waals surface area contributed by atoms with Crippen LogP contribution in [0.15, 0.2) is 9.98 Å². The Kier molecular flexibility index (Phi) is 6.25. The molecule has 0 heterocycles. The second-order valence-corrected chi connectivity index (χ2v) is 7.34. The Morgan fingerprint density at radius 3 is 1.56 bits per heavy atom. The molecule has 2 saturated carbocycles. The lowest BCUT2D eigenvalue weighted by Crippen LogP contribution is -2.09. The molecule has 6 unspecified atom stereocenters. The highest BCUT2D eigenvalue weighted by atomic mass is 31.0. The largest absolute Gasteiger partial charge is 0.295 e. The standard InChI is InChI=1S/C14H26N2P2/c17-13-5-1-3-11(13)9-15-7-8-16-10-12-4-2-6-14(12)18/h9-14H,1-8,17-18H2. The van der Waals surface area contributed by atoms with E-state index in [0.29, 0.717) is 11.8 Å². The van der Waals surface area contributed by atoms with Crippen LogP contribution in [-0.4, -0.2) is 36.8 Å². The zero-order chi connectivity index (χ0) is 12.8. The molecule has 0 bridgehead atoms. The van der Waals surface area contributed by atoms with Gasteiger partial charge < -0.3 is 0 Å². The van der Waals surface area contributed by atoms with Crippen molar-refractivity contribution in [3.8, 4) is 0 Å². The van der Waals surface area contributed by atoms with Crippen molar-refractivity contribution in [1.29, 1.82) is 0 Å². The molecule has 0 aromatic carbocycles. The van der Waals surface area contributed by atoms with Crippen molar-refractivity contribution in [2.75, 3.05) is 13.1 Å². The molecule has 2 fully saturated rings. The lowest BCUT2D eigenvalue weighted by Gasteiger charge is -2.08. The van der Waals surface area contributed by atoms with Crippen LogP contribution in [0.25, 0.3) is 0 Å². The molecule has 4 heteroatoms. The summed E-state index contributed by atoms with van der Waals surface area (Å²) in [5.74, 6) is 1.40. The monoisotopic (exact) mass is 284 g/mol. The molecule has 2 aliphatic rings. The highest BCUT2D eigenvalue weighted by Gasteiger charge is 2.22. The highest BCUT2D eigenvalue weighted by molar-refractivity contribution is 7.17. The minimum Gasteiger partial charge on any atom is -0.295 e. The van der Waals surface area contributed by atoms with Gasteiger partial charge in [-0.25, -0.2) is 0 Å². The molecule has 0 spiro atoms. The molecular formula is C14H26N2P2. The Hall–Kier alpha value is 0.200. The number of hydrogen-bond acceptors (Lipinski definition) is 2. The summed E-state index contributed by atoms with van der Waals surface area (Å²) in [7, 11) is 5.91. The fourth-order valence-corrected chi connectivity index (χ4v) is 4.00. The Labute approximate surface area is 116 Å². The van der Waals surface area contributed by atoms with Crippen molar-refractivity contribution in [3.63, 3.8) is 0 Å². The predicted octanol–water partition coefficient (Wildman–Crippen LogP) is 3.22. The van der Waals surface area contributed by atoms with Crippen LogP contribution in [0.5, 0.6) is 0 Å². The zero-order valence-electron chi connectivity index (χ0n) is 11.2. The van der Waals surface area contributed by atoms with Crippen LogP contribution in [0.2, 0.25) is 0 Å². The summed E-state index contributed by atoms with van der Waals surface area (Å²) in [6.45, 7) is 1.72. The van der Waals surface area contributed by atoms with Gasteiger partial charge in [-0.2, -0.15) is 0 Å². The molecule has 0 aliphatic heterocycles. The fourth-order valence-electron chi connectivity index (χ4n) is 2.94. The van der Waals surface area contributed by atoms with E-state index in [1.807, 2.05) is 0 Å². The van der Waals surface area contributed by atoms with Crippen LogP contribution in [0.3, 0.4) is 0 Å². The predicted molar refractivity (Wildman–Crippen MR) is 88.4 cm³/mol. The maximum atomic E-state index is 4.53. The zero-order valence-corrected chi connectivity index (χ0v) is 13.5. The minimum atomic E-state index is 0.699. The summed E-state index contributed by atoms with van der Waals surface area (Å²) >= 11 is 0. The first-order chi connectivity index (χ1) is 8.77. The molecule has 0 aromatic heterocycles. The molecule has 2 nitrogen and oxygen atoms in total. The summed E-state index contributed by atoms with van der Waals surface area (Å²) in [5, 5.41) is 0. The molecule has 0 N–H and O–H groups in total. The Bertz CT molecular complexity index is 274. The van der Waals surface area contributed by atoms with Crippen molar-refractivity contribution in [2.45, 2.75) is 49.8 Å². The summed E-state index contributed by atoms with van der Waals surface area (Å²) < 4.78 is 0. The van der Waals surface area contributed by atoms with E-state index < -0.39 is 0 Å². The molecule has 0 aromatic rings. The normalized spacial score (nSPS) is 37.2. The van der Waals surface area contributed by atoms with Gasteiger partial charge in [-0.15, -0.1) is 18.5 Å². The van der Waals surface area contributed by atoms with Gasteiger partial charge in [0.1, 0.15) is 0 Å². The average Bonchev–Trinajstić information content (AvgIpc) is 2.94. The first-order valence-corrected chi connectivity index (χ1v) is 8.62. The van der Waals surface area contributed by atoms with Crippen molar-refractivity contribution < 1.29 is 0 Å². The second-order valence-electron chi connectivity index (χ2n) is 5.63. The third-order valence-electron chi connectivity index (χ3n) is 4.20. The minimum absolute atomic E-state index is 0.699. The molecule has 0 radical (unpaired) electrons. The van der Waals surface area contributed by atoms with Crippen molar-refractivity contribution in [1.82, 2.24) is 0 Å². The summed E-state index contributed by atoms with van der Waals surface area (Å²) in [4.78, 5) is 9.06. The molecule has 102 valence electrons. The third-order valence-corrected chi connectivity index (χ3v) is 5.86. The van der Waals surface area contributed by atoms with Gasteiger partial charge >= 0.3 is 0 Å². The Morgan fingerprint density at radius 1 is 0.778 bits per heavy atom. The van der Waals surface area contributed by atoms with Gasteiger partial charge in [0.05, 0.1) is 13.1 Å². The molecular weight excluding hydrogens is 258 g/mol. The molecule has 2 rings (SSSR count). The van der Waals surface area contributed by atoms with E-state index in [4.69, 9.17) is 0 Å². The summed E-state index contributed by atoms with van der Waals surface area (Å²) in [6.07, 6.45) is 12.4. The maximum absolute atomic E-state index is 4.53. The Morgan fingerprint density at radius 2 is 1.22 bits per heavy atom. The lowest BCUT2D eigenvalue weighted by atomic mass is 10.1. The Balaban J connectivity index is 1.60. The fraction of sp³-hybridized carbons (Fsp3) is 0.857. The number of hydrogen-bond donors (Lipinski definition) is 0. The van der Waals surface area contributed by atoms with Gasteiger partial charge in [0.25, 0.3) is 0 Å².